The summed E-state index contributed by atoms with van der Waals surface area (Å²) in [4.78, 5) is 12.1. The number of para-hydroxylation sites is 1. The molecule has 160 valence electrons. The van der Waals surface area contributed by atoms with E-state index in [9.17, 15) is 9.18 Å². The molecule has 0 aliphatic heterocycles. The molecular weight excluding hydrogens is 425 g/mol. The van der Waals surface area contributed by atoms with Crippen molar-refractivity contribution in [3.05, 3.63) is 76.5 Å². The molecule has 3 aromatic rings. The zero-order valence-electron chi connectivity index (χ0n) is 16.8. The Morgan fingerprint density at radius 1 is 1.29 bits per heavy atom. The highest BCUT2D eigenvalue weighted by Crippen LogP contribution is 2.40. The molecule has 2 aromatic carbocycles. The number of amides is 1. The first-order valence-corrected chi connectivity index (χ1v) is 9.87. The minimum absolute atomic E-state index is 0.0100. The molecule has 1 aliphatic rings. The number of ether oxygens (including phenoxy) is 2. The number of hydrogen-bond donors (Lipinski definition) is 1. The fraction of sp³-hybridized carbons (Fsp3) is 0.227. The molecule has 0 spiro atoms. The van der Waals surface area contributed by atoms with Gasteiger partial charge in [-0.05, 0) is 43.7 Å². The van der Waals surface area contributed by atoms with Gasteiger partial charge in [0.15, 0.2) is 6.61 Å². The normalized spacial score (nSPS) is 17.5. The lowest BCUT2D eigenvalue weighted by atomic mass is 9.75. The number of nitrogens with zero attached hydrogens (tertiary/aromatic N) is 2. The average molecular weight is 444 g/mol. The highest BCUT2D eigenvalue weighted by Gasteiger charge is 2.40. The minimum atomic E-state index is -0.609. The van der Waals surface area contributed by atoms with Crippen LogP contribution in [0, 0.1) is 12.7 Å². The van der Waals surface area contributed by atoms with Crippen LogP contribution in [0.2, 0.25) is 5.02 Å². The number of halogens is 2. The number of carbonyl (C=O) groups excluding carboxylic acids is 1. The van der Waals surface area contributed by atoms with Gasteiger partial charge in [-0.1, -0.05) is 34.9 Å². The van der Waals surface area contributed by atoms with Crippen LogP contribution in [-0.4, -0.2) is 22.7 Å². The Bertz CT molecular complexity index is 1160. The van der Waals surface area contributed by atoms with Crippen LogP contribution in [0.25, 0.3) is 0 Å². The Morgan fingerprint density at radius 2 is 2.06 bits per heavy atom. The number of aromatic nitrogens is 2. The molecule has 9 heteroatoms. The van der Waals surface area contributed by atoms with Crippen LogP contribution in [0.5, 0.6) is 17.6 Å². The van der Waals surface area contributed by atoms with E-state index in [1.165, 1.54) is 12.1 Å². The molecule has 0 bridgehead atoms. The van der Waals surface area contributed by atoms with Crippen LogP contribution in [0.1, 0.15) is 24.8 Å². The Balaban J connectivity index is 1.32. The van der Waals surface area contributed by atoms with Gasteiger partial charge in [0.25, 0.3) is 5.91 Å². The number of carbonyl (C=O) groups is 1. The summed E-state index contributed by atoms with van der Waals surface area (Å²) in [7, 11) is 0. The smallest absolute Gasteiger partial charge is 0.420 e. The quantitative estimate of drug-likeness (QED) is 0.569. The van der Waals surface area contributed by atoms with Gasteiger partial charge in [0.1, 0.15) is 17.3 Å². The molecule has 1 amide bonds. The molecule has 1 aromatic heterocycles. The molecule has 0 fully saturated rings. The summed E-state index contributed by atoms with van der Waals surface area (Å²) < 4.78 is 30.0. The van der Waals surface area contributed by atoms with Crippen molar-refractivity contribution in [3.63, 3.8) is 0 Å². The molecule has 1 unspecified atom stereocenters. The maximum Gasteiger partial charge on any atom is 0.420 e. The van der Waals surface area contributed by atoms with Crippen molar-refractivity contribution >= 4 is 17.5 Å². The second kappa shape index (κ2) is 8.39. The van der Waals surface area contributed by atoms with Crippen LogP contribution >= 0.6 is 11.6 Å². The van der Waals surface area contributed by atoms with E-state index >= 15 is 0 Å². The maximum absolute atomic E-state index is 13.4. The van der Waals surface area contributed by atoms with Crippen LogP contribution in [0.15, 0.2) is 58.7 Å². The number of nitrogens with one attached hydrogen (secondary N) is 1. The van der Waals surface area contributed by atoms with Crippen LogP contribution in [0.4, 0.5) is 4.39 Å². The molecule has 1 N–H and O–H groups in total. The average Bonchev–Trinajstić information content (AvgIpc) is 3.18. The highest BCUT2D eigenvalue weighted by molar-refractivity contribution is 6.30. The van der Waals surface area contributed by atoms with E-state index in [1.807, 2.05) is 44.2 Å². The summed E-state index contributed by atoms with van der Waals surface area (Å²) in [6.45, 7) is 3.58. The van der Waals surface area contributed by atoms with Gasteiger partial charge < -0.3 is 19.2 Å². The van der Waals surface area contributed by atoms with Crippen LogP contribution in [0.3, 0.4) is 0 Å². The summed E-state index contributed by atoms with van der Waals surface area (Å²) in [5.74, 6) is 0.277. The zero-order valence-corrected chi connectivity index (χ0v) is 17.6. The number of benzene rings is 2. The second-order valence-corrected chi connectivity index (χ2v) is 7.82. The lowest BCUT2D eigenvalue weighted by molar-refractivity contribution is -0.122. The summed E-state index contributed by atoms with van der Waals surface area (Å²) in [6, 6.07) is 11.5. The van der Waals surface area contributed by atoms with E-state index in [0.29, 0.717) is 23.8 Å². The third-order valence-corrected chi connectivity index (χ3v) is 5.10. The SMILES string of the molecule is Cc1ccccc1Oc1nnc(C2(C)C=C(NC(=O)COc3ccc(Cl)c(F)c3)C2)o1. The molecule has 7 nitrogen and oxygen atoms in total. The Kier molecular flexibility index (Phi) is 5.65. The molecular formula is C22H19ClFN3O4. The monoisotopic (exact) mass is 443 g/mol. The van der Waals surface area contributed by atoms with Gasteiger partial charge in [-0.2, -0.15) is 0 Å². The van der Waals surface area contributed by atoms with Crippen molar-refractivity contribution in [2.24, 2.45) is 0 Å². The van der Waals surface area contributed by atoms with Crippen LogP contribution in [-0.2, 0) is 10.2 Å². The Hall–Kier alpha value is -3.39. The van der Waals surface area contributed by atoms with E-state index < -0.39 is 11.2 Å². The predicted molar refractivity (Wildman–Crippen MR) is 111 cm³/mol. The van der Waals surface area contributed by atoms with Crippen molar-refractivity contribution in [1.82, 2.24) is 15.5 Å². The van der Waals surface area contributed by atoms with Gasteiger partial charge in [-0.15, -0.1) is 5.10 Å². The van der Waals surface area contributed by atoms with Crippen molar-refractivity contribution in [3.8, 4) is 17.6 Å². The van der Waals surface area contributed by atoms with Crippen molar-refractivity contribution in [1.29, 1.82) is 0 Å². The lowest BCUT2D eigenvalue weighted by Gasteiger charge is -2.33. The largest absolute Gasteiger partial charge is 0.484 e. The molecule has 1 heterocycles. The van der Waals surface area contributed by atoms with Gasteiger partial charge in [-0.25, -0.2) is 4.39 Å². The summed E-state index contributed by atoms with van der Waals surface area (Å²) in [5.41, 5.74) is 1.15. The fourth-order valence-electron chi connectivity index (χ4n) is 3.15. The number of allylic oxidation sites excluding steroid dienone is 2. The van der Waals surface area contributed by atoms with Gasteiger partial charge in [0, 0.05) is 18.2 Å². The molecule has 0 saturated heterocycles. The Labute approximate surface area is 182 Å². The van der Waals surface area contributed by atoms with E-state index in [-0.39, 0.29) is 29.4 Å². The minimum Gasteiger partial charge on any atom is -0.484 e. The number of aryl methyl sites for hydroxylation is 1. The standard InChI is InChI=1S/C22H19ClFN3O4/c1-13-5-3-4-6-18(13)30-21-27-26-20(31-21)22(2)10-14(11-22)25-19(28)12-29-15-7-8-16(23)17(24)9-15/h3-10H,11-12H2,1-2H3,(H,25,28). The van der Waals surface area contributed by atoms with E-state index in [4.69, 9.17) is 25.5 Å². The van der Waals surface area contributed by atoms with Gasteiger partial charge in [0.05, 0.1) is 10.4 Å². The van der Waals surface area contributed by atoms with E-state index in [0.717, 1.165) is 11.6 Å². The van der Waals surface area contributed by atoms with Gasteiger partial charge in [-0.3, -0.25) is 4.79 Å². The van der Waals surface area contributed by atoms with Crippen molar-refractivity contribution in [2.45, 2.75) is 25.7 Å². The maximum atomic E-state index is 13.4. The van der Waals surface area contributed by atoms with Crippen molar-refractivity contribution < 1.29 is 23.1 Å². The Morgan fingerprint density at radius 3 is 2.81 bits per heavy atom. The molecule has 0 saturated carbocycles. The first-order chi connectivity index (χ1) is 14.8. The van der Waals surface area contributed by atoms with E-state index in [2.05, 4.69) is 15.5 Å². The van der Waals surface area contributed by atoms with Crippen molar-refractivity contribution in [2.75, 3.05) is 6.61 Å². The van der Waals surface area contributed by atoms with E-state index in [1.54, 1.807) is 0 Å². The molecule has 1 aliphatic carbocycles. The predicted octanol–water partition coefficient (Wildman–Crippen LogP) is 4.70. The summed E-state index contributed by atoms with van der Waals surface area (Å²) in [5, 5.41) is 10.8. The number of rotatable bonds is 7. The van der Waals surface area contributed by atoms with Crippen LogP contribution < -0.4 is 14.8 Å². The number of hydrogen-bond acceptors (Lipinski definition) is 6. The second-order valence-electron chi connectivity index (χ2n) is 7.42. The first kappa shape index (κ1) is 20.9. The topological polar surface area (TPSA) is 86.5 Å². The third kappa shape index (κ3) is 4.69. The summed E-state index contributed by atoms with van der Waals surface area (Å²) in [6.07, 6.45) is 2.39. The molecule has 1 atom stereocenters. The molecule has 31 heavy (non-hydrogen) atoms. The van der Waals surface area contributed by atoms with Gasteiger partial charge in [0.2, 0.25) is 5.89 Å². The third-order valence-electron chi connectivity index (χ3n) is 4.80. The van der Waals surface area contributed by atoms with Gasteiger partial charge >= 0.3 is 6.08 Å². The lowest BCUT2D eigenvalue weighted by Crippen LogP contribution is -2.39. The zero-order chi connectivity index (χ0) is 22.0. The fourth-order valence-corrected chi connectivity index (χ4v) is 3.26. The molecule has 0 radical (unpaired) electrons. The highest BCUT2D eigenvalue weighted by atomic mass is 35.5. The molecule has 4 rings (SSSR count). The summed E-state index contributed by atoms with van der Waals surface area (Å²) >= 11 is 5.62. The first-order valence-electron chi connectivity index (χ1n) is 9.49.